The summed E-state index contributed by atoms with van der Waals surface area (Å²) in [5.74, 6) is 0.347. The van der Waals surface area contributed by atoms with E-state index in [0.717, 1.165) is 65.2 Å². The van der Waals surface area contributed by atoms with Gasteiger partial charge in [-0.2, -0.15) is 4.79 Å². The number of amides is 1. The minimum Gasteiger partial charge on any atom is -0.468 e. The maximum atomic E-state index is 12.8. The van der Waals surface area contributed by atoms with Crippen molar-refractivity contribution in [1.29, 1.82) is 0 Å². The number of cyclic esters (lactones) is 1. The maximum Gasteiger partial charge on any atom is 0.517 e. The Labute approximate surface area is 191 Å². The van der Waals surface area contributed by atoms with Gasteiger partial charge in [-0.05, 0) is 31.5 Å². The number of quaternary nitrogens is 1. The van der Waals surface area contributed by atoms with E-state index in [1.54, 1.807) is 0 Å². The zero-order valence-electron chi connectivity index (χ0n) is 19.4. The number of nitrogens with zero attached hydrogens (tertiary/aromatic N) is 4. The minimum atomic E-state index is -0.204. The summed E-state index contributed by atoms with van der Waals surface area (Å²) < 4.78 is 11.0. The molecule has 176 valence electrons. The normalized spacial score (nSPS) is 28.6. The summed E-state index contributed by atoms with van der Waals surface area (Å²) in [5.41, 5.74) is 1.36. The fourth-order valence-corrected chi connectivity index (χ4v) is 5.23. The molecular formula is C24H37N4O4+. The van der Waals surface area contributed by atoms with Crippen LogP contribution >= 0.6 is 0 Å². The highest BCUT2D eigenvalue weighted by Crippen LogP contribution is 2.28. The summed E-state index contributed by atoms with van der Waals surface area (Å²) in [7, 11) is 3.45. The van der Waals surface area contributed by atoms with E-state index in [4.69, 9.17) is 9.47 Å². The van der Waals surface area contributed by atoms with Crippen LogP contribution in [0.15, 0.2) is 30.3 Å². The minimum absolute atomic E-state index is 0.0984. The second-order valence-electron chi connectivity index (χ2n) is 9.69. The average Bonchev–Trinajstić information content (AvgIpc) is 3.10. The van der Waals surface area contributed by atoms with E-state index >= 15 is 0 Å². The highest BCUT2D eigenvalue weighted by atomic mass is 16.6. The third-order valence-corrected chi connectivity index (χ3v) is 7.25. The van der Waals surface area contributed by atoms with Crippen molar-refractivity contribution in [1.82, 2.24) is 14.7 Å². The number of hydrogen-bond acceptors (Lipinski definition) is 7. The first kappa shape index (κ1) is 23.2. The number of carbonyl (C=O) groups excluding carboxylic acids is 2. The molecule has 3 aliphatic rings. The van der Waals surface area contributed by atoms with Gasteiger partial charge in [0.1, 0.15) is 6.54 Å². The number of esters is 1. The molecule has 0 aliphatic carbocycles. The molecule has 2 unspecified atom stereocenters. The average molecular weight is 446 g/mol. The van der Waals surface area contributed by atoms with Gasteiger partial charge in [-0.25, -0.2) is 4.48 Å². The van der Waals surface area contributed by atoms with Crippen molar-refractivity contribution < 1.29 is 23.5 Å². The molecule has 0 saturated carbocycles. The highest BCUT2D eigenvalue weighted by Gasteiger charge is 2.49. The van der Waals surface area contributed by atoms with Crippen molar-refractivity contribution in [3.8, 4) is 0 Å². The molecule has 0 aromatic heterocycles. The van der Waals surface area contributed by atoms with Gasteiger partial charge in [0.15, 0.2) is 0 Å². The Hall–Kier alpha value is -2.00. The van der Waals surface area contributed by atoms with Crippen LogP contribution in [0.2, 0.25) is 0 Å². The van der Waals surface area contributed by atoms with Crippen LogP contribution in [0.4, 0.5) is 4.79 Å². The molecule has 8 nitrogen and oxygen atoms in total. The Morgan fingerprint density at radius 2 is 1.75 bits per heavy atom. The van der Waals surface area contributed by atoms with Crippen molar-refractivity contribution in [3.05, 3.63) is 35.9 Å². The maximum absolute atomic E-state index is 12.8. The number of ether oxygens (including phenoxy) is 2. The van der Waals surface area contributed by atoms with Gasteiger partial charge in [0.05, 0.1) is 27.2 Å². The Kier molecular flexibility index (Phi) is 7.45. The van der Waals surface area contributed by atoms with Gasteiger partial charge in [-0.15, -0.1) is 0 Å². The summed E-state index contributed by atoms with van der Waals surface area (Å²) >= 11 is 0. The molecule has 0 bridgehead atoms. The smallest absolute Gasteiger partial charge is 0.468 e. The number of rotatable bonds is 7. The molecule has 0 spiro atoms. The number of piperidine rings is 1. The fourth-order valence-electron chi connectivity index (χ4n) is 5.23. The molecule has 1 aromatic carbocycles. The van der Waals surface area contributed by atoms with E-state index in [1.165, 1.54) is 12.7 Å². The lowest BCUT2D eigenvalue weighted by Gasteiger charge is -2.36. The molecule has 32 heavy (non-hydrogen) atoms. The third kappa shape index (κ3) is 5.67. The van der Waals surface area contributed by atoms with Crippen LogP contribution in [0.1, 0.15) is 18.4 Å². The number of likely N-dealkylation sites (tertiary alicyclic amines) is 1. The van der Waals surface area contributed by atoms with Crippen molar-refractivity contribution in [3.63, 3.8) is 0 Å². The molecule has 3 fully saturated rings. The second-order valence-corrected chi connectivity index (χ2v) is 9.69. The van der Waals surface area contributed by atoms with Gasteiger partial charge in [-0.1, -0.05) is 30.3 Å². The zero-order valence-corrected chi connectivity index (χ0v) is 19.4. The first-order chi connectivity index (χ1) is 15.4. The Balaban J connectivity index is 1.23. The molecule has 0 N–H and O–H groups in total. The van der Waals surface area contributed by atoms with Crippen LogP contribution in [0.3, 0.4) is 0 Å². The summed E-state index contributed by atoms with van der Waals surface area (Å²) in [4.78, 5) is 31.2. The van der Waals surface area contributed by atoms with Gasteiger partial charge in [-0.3, -0.25) is 19.5 Å². The van der Waals surface area contributed by atoms with Crippen molar-refractivity contribution >= 4 is 12.1 Å². The SMILES string of the molecule is COC(=O)CN1CCN(C2C[N+](C)(CC3CCN(Cc4ccccc4)CC3)C(=O)O2)CC1. The van der Waals surface area contributed by atoms with Crippen LogP contribution < -0.4 is 0 Å². The van der Waals surface area contributed by atoms with Gasteiger partial charge in [0, 0.05) is 38.6 Å². The Bertz CT molecular complexity index is 775. The topological polar surface area (TPSA) is 62.3 Å². The van der Waals surface area contributed by atoms with Gasteiger partial charge >= 0.3 is 12.1 Å². The first-order valence-electron chi connectivity index (χ1n) is 11.8. The largest absolute Gasteiger partial charge is 0.517 e. The van der Waals surface area contributed by atoms with E-state index < -0.39 is 0 Å². The Morgan fingerprint density at radius 1 is 1.06 bits per heavy atom. The van der Waals surface area contributed by atoms with E-state index in [9.17, 15) is 9.59 Å². The molecule has 1 amide bonds. The second kappa shape index (κ2) is 10.3. The van der Waals surface area contributed by atoms with Crippen LogP contribution in [0, 0.1) is 5.92 Å². The summed E-state index contributed by atoms with van der Waals surface area (Å²) in [6, 6.07) is 10.6. The number of piperazine rings is 1. The standard InChI is InChI=1S/C24H37N4O4/c1-28(18-21-8-10-25(11-9-21)16-20-6-4-3-5-7-20)19-22(32-24(28)30)27-14-12-26(13-15-27)17-23(29)31-2/h3-7,21-22H,8-19H2,1-2H3/q+1. The molecule has 0 radical (unpaired) electrons. The summed E-state index contributed by atoms with van der Waals surface area (Å²) in [6.07, 6.45) is 2.00. The lowest BCUT2D eigenvalue weighted by Crippen LogP contribution is -2.54. The number of likely N-dealkylation sites (N-methyl/N-ethyl adjacent to an activating group) is 1. The molecule has 3 heterocycles. The van der Waals surface area contributed by atoms with E-state index in [0.29, 0.717) is 23.5 Å². The number of hydrogen-bond donors (Lipinski definition) is 0. The number of methoxy groups -OCH3 is 1. The van der Waals surface area contributed by atoms with Crippen molar-refractivity contribution in [2.45, 2.75) is 25.6 Å². The van der Waals surface area contributed by atoms with Gasteiger partial charge in [0.2, 0.25) is 6.23 Å². The molecule has 4 rings (SSSR count). The van der Waals surface area contributed by atoms with E-state index in [1.807, 2.05) is 7.05 Å². The van der Waals surface area contributed by atoms with Crippen molar-refractivity contribution in [2.75, 3.05) is 73.1 Å². The van der Waals surface area contributed by atoms with Crippen LogP contribution in [0.25, 0.3) is 0 Å². The first-order valence-corrected chi connectivity index (χ1v) is 11.8. The predicted molar refractivity (Wildman–Crippen MR) is 121 cm³/mol. The van der Waals surface area contributed by atoms with E-state index in [-0.39, 0.29) is 18.3 Å². The molecule has 3 saturated heterocycles. The van der Waals surface area contributed by atoms with E-state index in [2.05, 4.69) is 45.0 Å². The lowest BCUT2D eigenvalue weighted by molar-refractivity contribution is -0.828. The molecule has 3 aliphatic heterocycles. The highest BCUT2D eigenvalue weighted by molar-refractivity contribution is 5.71. The number of carbonyl (C=O) groups is 2. The van der Waals surface area contributed by atoms with Crippen LogP contribution in [-0.2, 0) is 20.8 Å². The van der Waals surface area contributed by atoms with Crippen LogP contribution in [-0.4, -0.2) is 111 Å². The number of benzene rings is 1. The van der Waals surface area contributed by atoms with Crippen molar-refractivity contribution in [2.24, 2.45) is 5.92 Å². The zero-order chi connectivity index (χ0) is 22.6. The van der Waals surface area contributed by atoms with Gasteiger partial charge < -0.3 is 9.47 Å². The third-order valence-electron chi connectivity index (χ3n) is 7.25. The summed E-state index contributed by atoms with van der Waals surface area (Å²) in [5, 5.41) is 0. The quantitative estimate of drug-likeness (QED) is 0.467. The molecule has 2 atom stereocenters. The lowest BCUT2D eigenvalue weighted by atomic mass is 9.95. The predicted octanol–water partition coefficient (Wildman–Crippen LogP) is 1.61. The van der Waals surface area contributed by atoms with Gasteiger partial charge in [0.25, 0.3) is 0 Å². The monoisotopic (exact) mass is 445 g/mol. The van der Waals surface area contributed by atoms with Crippen LogP contribution in [0.5, 0.6) is 0 Å². The molecule has 1 aromatic rings. The fraction of sp³-hybridized carbons (Fsp3) is 0.667. The summed E-state index contributed by atoms with van der Waals surface area (Å²) in [6.45, 7) is 8.23. The molecular weight excluding hydrogens is 408 g/mol. The Morgan fingerprint density at radius 3 is 2.41 bits per heavy atom. The molecule has 8 heteroatoms.